The summed E-state index contributed by atoms with van der Waals surface area (Å²) >= 11 is 1.60. The van der Waals surface area contributed by atoms with Crippen LogP contribution in [0.15, 0.2) is 17.5 Å². The van der Waals surface area contributed by atoms with Crippen molar-refractivity contribution in [2.45, 2.75) is 47.1 Å². The summed E-state index contributed by atoms with van der Waals surface area (Å²) < 4.78 is 0. The quantitative estimate of drug-likeness (QED) is 0.807. The zero-order chi connectivity index (χ0) is 16.2. The van der Waals surface area contributed by atoms with E-state index < -0.39 is 11.4 Å². The van der Waals surface area contributed by atoms with Crippen LogP contribution in [0.1, 0.15) is 52.0 Å². The largest absolute Gasteiger partial charge is 0.481 e. The number of hydrogen-bond donors (Lipinski definition) is 2. The van der Waals surface area contributed by atoms with Crippen molar-refractivity contribution < 1.29 is 14.7 Å². The lowest BCUT2D eigenvalue weighted by Crippen LogP contribution is -2.40. The van der Waals surface area contributed by atoms with E-state index in [1.54, 1.807) is 18.3 Å². The van der Waals surface area contributed by atoms with Crippen molar-refractivity contribution in [1.29, 1.82) is 0 Å². The molecular formula is C16H25NO3S. The summed E-state index contributed by atoms with van der Waals surface area (Å²) in [6, 6.07) is 3.88. The van der Waals surface area contributed by atoms with Crippen LogP contribution in [-0.2, 0) is 9.59 Å². The van der Waals surface area contributed by atoms with Crippen LogP contribution in [0.25, 0.3) is 0 Å². The van der Waals surface area contributed by atoms with E-state index in [4.69, 9.17) is 0 Å². The van der Waals surface area contributed by atoms with E-state index in [-0.39, 0.29) is 30.2 Å². The van der Waals surface area contributed by atoms with Gasteiger partial charge in [0.15, 0.2) is 0 Å². The average molecular weight is 311 g/mol. The minimum absolute atomic E-state index is 0.00536. The molecular weight excluding hydrogens is 286 g/mol. The number of thiophene rings is 1. The molecule has 0 aliphatic carbocycles. The van der Waals surface area contributed by atoms with Crippen LogP contribution in [0.5, 0.6) is 0 Å². The summed E-state index contributed by atoms with van der Waals surface area (Å²) in [6.45, 7) is 9.39. The molecule has 0 fully saturated rings. The maximum absolute atomic E-state index is 12.3. The van der Waals surface area contributed by atoms with E-state index in [1.165, 1.54) is 0 Å². The molecule has 0 aromatic carbocycles. The molecule has 1 amide bonds. The standard InChI is InChI=1S/C16H25NO3S/c1-10(2)14(12-7-6-8-21-12)17-13(18)9-16(5,11(3)4)15(19)20/h6-8,10-11,14H,9H2,1-5H3,(H,17,18)(H,19,20). The Bertz CT molecular complexity index is 482. The minimum atomic E-state index is -1.04. The van der Waals surface area contributed by atoms with Gasteiger partial charge in [-0.3, -0.25) is 9.59 Å². The first kappa shape index (κ1) is 17.7. The van der Waals surface area contributed by atoms with Gasteiger partial charge in [0.05, 0.1) is 11.5 Å². The number of hydrogen-bond acceptors (Lipinski definition) is 3. The van der Waals surface area contributed by atoms with Gasteiger partial charge in [0.1, 0.15) is 0 Å². The lowest BCUT2D eigenvalue weighted by atomic mass is 9.76. The molecule has 1 heterocycles. The maximum atomic E-state index is 12.3. The second kappa shape index (κ2) is 7.07. The van der Waals surface area contributed by atoms with Crippen molar-refractivity contribution in [3.05, 3.63) is 22.4 Å². The van der Waals surface area contributed by atoms with Crippen LogP contribution in [0.2, 0.25) is 0 Å². The predicted octanol–water partition coefficient (Wildman–Crippen LogP) is 3.70. The summed E-state index contributed by atoms with van der Waals surface area (Å²) in [4.78, 5) is 24.9. The van der Waals surface area contributed by atoms with Crippen molar-refractivity contribution >= 4 is 23.2 Å². The summed E-state index contributed by atoms with van der Waals surface area (Å²) in [6.07, 6.45) is -0.00536. The van der Waals surface area contributed by atoms with E-state index in [1.807, 2.05) is 45.2 Å². The van der Waals surface area contributed by atoms with Gasteiger partial charge in [-0.15, -0.1) is 11.3 Å². The predicted molar refractivity (Wildman–Crippen MR) is 85.2 cm³/mol. The normalized spacial score (nSPS) is 15.8. The molecule has 1 rings (SSSR count). The van der Waals surface area contributed by atoms with Crippen LogP contribution in [0, 0.1) is 17.3 Å². The van der Waals surface area contributed by atoms with Gasteiger partial charge in [0.2, 0.25) is 5.91 Å². The maximum Gasteiger partial charge on any atom is 0.310 e. The highest BCUT2D eigenvalue weighted by molar-refractivity contribution is 7.10. The number of carboxylic acid groups (broad SMARTS) is 1. The van der Waals surface area contributed by atoms with Crippen molar-refractivity contribution in [2.24, 2.45) is 17.3 Å². The Labute approximate surface area is 130 Å². The first-order valence-corrected chi connectivity index (χ1v) is 8.12. The SMILES string of the molecule is CC(C)C(NC(=O)CC(C)(C(=O)O)C(C)C)c1cccs1. The van der Waals surface area contributed by atoms with E-state index in [0.717, 1.165) is 4.88 Å². The lowest BCUT2D eigenvalue weighted by Gasteiger charge is -2.30. The molecule has 0 aliphatic heterocycles. The average Bonchev–Trinajstić information content (AvgIpc) is 2.88. The third-order valence-corrected chi connectivity index (χ3v) is 5.08. The number of amides is 1. The van der Waals surface area contributed by atoms with Gasteiger partial charge in [-0.1, -0.05) is 33.8 Å². The monoisotopic (exact) mass is 311 g/mol. The van der Waals surface area contributed by atoms with Gasteiger partial charge < -0.3 is 10.4 Å². The van der Waals surface area contributed by atoms with Gasteiger partial charge in [-0.25, -0.2) is 0 Å². The Morgan fingerprint density at radius 3 is 2.33 bits per heavy atom. The zero-order valence-corrected chi connectivity index (χ0v) is 14.2. The Balaban J connectivity index is 2.82. The number of nitrogens with one attached hydrogen (secondary N) is 1. The van der Waals surface area contributed by atoms with Gasteiger partial charge in [0, 0.05) is 11.3 Å². The topological polar surface area (TPSA) is 66.4 Å². The molecule has 2 atom stereocenters. The highest BCUT2D eigenvalue weighted by atomic mass is 32.1. The molecule has 118 valence electrons. The molecule has 2 N–H and O–H groups in total. The van der Waals surface area contributed by atoms with Crippen molar-refractivity contribution in [3.63, 3.8) is 0 Å². The number of aliphatic carboxylic acids is 1. The molecule has 0 bridgehead atoms. The zero-order valence-electron chi connectivity index (χ0n) is 13.3. The first-order valence-electron chi connectivity index (χ1n) is 7.24. The molecule has 1 aromatic rings. The third kappa shape index (κ3) is 4.30. The third-order valence-electron chi connectivity index (χ3n) is 4.12. The van der Waals surface area contributed by atoms with E-state index >= 15 is 0 Å². The van der Waals surface area contributed by atoms with Gasteiger partial charge in [-0.05, 0) is 30.2 Å². The fourth-order valence-corrected chi connectivity index (χ4v) is 3.07. The van der Waals surface area contributed by atoms with Crippen LogP contribution >= 0.6 is 11.3 Å². The number of carbonyl (C=O) groups is 2. The van der Waals surface area contributed by atoms with Crippen molar-refractivity contribution in [1.82, 2.24) is 5.32 Å². The molecule has 0 spiro atoms. The Kier molecular flexibility index (Phi) is 5.96. The second-order valence-electron chi connectivity index (χ2n) is 6.36. The molecule has 0 aliphatic rings. The summed E-state index contributed by atoms with van der Waals surface area (Å²) in [5.74, 6) is -0.992. The van der Waals surface area contributed by atoms with Gasteiger partial charge in [0.25, 0.3) is 0 Å². The highest BCUT2D eigenvalue weighted by Gasteiger charge is 2.39. The Morgan fingerprint density at radius 1 is 1.33 bits per heavy atom. The smallest absolute Gasteiger partial charge is 0.310 e. The molecule has 2 unspecified atom stereocenters. The van der Waals surface area contributed by atoms with Crippen LogP contribution < -0.4 is 5.32 Å². The number of carbonyl (C=O) groups excluding carboxylic acids is 1. The number of carboxylic acids is 1. The second-order valence-corrected chi connectivity index (χ2v) is 7.34. The van der Waals surface area contributed by atoms with Crippen LogP contribution in [0.4, 0.5) is 0 Å². The van der Waals surface area contributed by atoms with Gasteiger partial charge >= 0.3 is 5.97 Å². The van der Waals surface area contributed by atoms with Crippen molar-refractivity contribution in [2.75, 3.05) is 0 Å². The van der Waals surface area contributed by atoms with Gasteiger partial charge in [-0.2, -0.15) is 0 Å². The van der Waals surface area contributed by atoms with Crippen molar-refractivity contribution in [3.8, 4) is 0 Å². The Hall–Kier alpha value is -1.36. The van der Waals surface area contributed by atoms with E-state index in [2.05, 4.69) is 5.32 Å². The van der Waals surface area contributed by atoms with Crippen LogP contribution in [0.3, 0.4) is 0 Å². The lowest BCUT2D eigenvalue weighted by molar-refractivity contribution is -0.153. The first-order chi connectivity index (χ1) is 9.68. The summed E-state index contributed by atoms with van der Waals surface area (Å²) in [5, 5.41) is 14.4. The molecule has 1 aromatic heterocycles. The fraction of sp³-hybridized carbons (Fsp3) is 0.625. The Morgan fingerprint density at radius 2 is 1.95 bits per heavy atom. The van der Waals surface area contributed by atoms with E-state index in [9.17, 15) is 14.7 Å². The minimum Gasteiger partial charge on any atom is -0.481 e. The molecule has 4 nitrogen and oxygen atoms in total. The van der Waals surface area contributed by atoms with Crippen LogP contribution in [-0.4, -0.2) is 17.0 Å². The highest BCUT2D eigenvalue weighted by Crippen LogP contribution is 2.32. The molecule has 0 saturated heterocycles. The molecule has 5 heteroatoms. The summed E-state index contributed by atoms with van der Waals surface area (Å²) in [5.41, 5.74) is -1.04. The number of rotatable bonds is 7. The fourth-order valence-electron chi connectivity index (χ4n) is 2.12. The molecule has 0 radical (unpaired) electrons. The molecule has 0 saturated carbocycles. The molecule has 21 heavy (non-hydrogen) atoms. The summed E-state index contributed by atoms with van der Waals surface area (Å²) in [7, 11) is 0. The van der Waals surface area contributed by atoms with E-state index in [0.29, 0.717) is 0 Å².